The molecule has 0 bridgehead atoms. The third-order valence-electron chi connectivity index (χ3n) is 3.83. The minimum atomic E-state index is -0.0577. The van der Waals surface area contributed by atoms with Gasteiger partial charge in [0, 0.05) is 17.6 Å². The number of imidazole rings is 1. The van der Waals surface area contributed by atoms with Gasteiger partial charge in [0.25, 0.3) is 5.91 Å². The number of rotatable bonds is 1. The molecule has 4 rings (SSSR count). The van der Waals surface area contributed by atoms with Crippen molar-refractivity contribution in [2.24, 2.45) is 0 Å². The predicted octanol–water partition coefficient (Wildman–Crippen LogP) is 3.73. The highest BCUT2D eigenvalue weighted by Gasteiger charge is 2.30. The van der Waals surface area contributed by atoms with Crippen LogP contribution in [0.4, 0.5) is 5.69 Å². The van der Waals surface area contributed by atoms with E-state index in [0.717, 1.165) is 22.3 Å². The Hall–Kier alpha value is -2.59. The van der Waals surface area contributed by atoms with E-state index in [2.05, 4.69) is 9.97 Å². The summed E-state index contributed by atoms with van der Waals surface area (Å²) in [6.45, 7) is 0. The van der Waals surface area contributed by atoms with Crippen LogP contribution in [0.2, 0.25) is 5.02 Å². The summed E-state index contributed by atoms with van der Waals surface area (Å²) < 4.78 is 0. The zero-order valence-electron chi connectivity index (χ0n) is 11.8. The molecular formula is C17H12ClN3O. The molecule has 1 aromatic heterocycles. The first kappa shape index (κ1) is 13.1. The average Bonchev–Trinajstić information content (AvgIpc) is 3.02. The lowest BCUT2D eigenvalue weighted by atomic mass is 10.1. The van der Waals surface area contributed by atoms with Gasteiger partial charge in [-0.1, -0.05) is 23.7 Å². The molecule has 0 fully saturated rings. The standard InChI is InChI=1S/C17H12ClN3O/c1-21-15-7-6-10(18)8-11(15)12(17(21)22)9-16-19-13-4-2-3-5-14(13)20-16/h2-9H,1H3,(H,19,20). The lowest BCUT2D eigenvalue weighted by Gasteiger charge is -2.08. The zero-order valence-corrected chi connectivity index (χ0v) is 12.6. The molecule has 0 unspecified atom stereocenters. The maximum Gasteiger partial charge on any atom is 0.258 e. The number of hydrogen-bond acceptors (Lipinski definition) is 2. The van der Waals surface area contributed by atoms with E-state index < -0.39 is 0 Å². The quantitative estimate of drug-likeness (QED) is 0.696. The highest BCUT2D eigenvalue weighted by Crippen LogP contribution is 2.38. The molecule has 22 heavy (non-hydrogen) atoms. The lowest BCUT2D eigenvalue weighted by Crippen LogP contribution is -2.20. The summed E-state index contributed by atoms with van der Waals surface area (Å²) in [5.41, 5.74) is 4.11. The number of nitrogens with zero attached hydrogens (tertiary/aromatic N) is 2. The van der Waals surface area contributed by atoms with E-state index in [1.807, 2.05) is 36.4 Å². The number of anilines is 1. The summed E-state index contributed by atoms with van der Waals surface area (Å²) in [6, 6.07) is 13.2. The van der Waals surface area contributed by atoms with Gasteiger partial charge in [-0.25, -0.2) is 4.98 Å². The Balaban J connectivity index is 1.88. The summed E-state index contributed by atoms with van der Waals surface area (Å²) in [7, 11) is 1.76. The maximum absolute atomic E-state index is 12.5. The molecule has 0 spiro atoms. The summed E-state index contributed by atoms with van der Waals surface area (Å²) in [6.07, 6.45) is 1.78. The van der Waals surface area contributed by atoms with Crippen LogP contribution in [-0.2, 0) is 4.79 Å². The van der Waals surface area contributed by atoms with Crippen LogP contribution < -0.4 is 4.90 Å². The Kier molecular flexibility index (Phi) is 2.81. The second-order valence-electron chi connectivity index (χ2n) is 5.22. The molecular weight excluding hydrogens is 298 g/mol. The van der Waals surface area contributed by atoms with Crippen LogP contribution in [0.25, 0.3) is 22.7 Å². The molecule has 0 aliphatic carbocycles. The maximum atomic E-state index is 12.5. The molecule has 1 aliphatic heterocycles. The topological polar surface area (TPSA) is 49.0 Å². The number of fused-ring (bicyclic) bond motifs is 2. The second-order valence-corrected chi connectivity index (χ2v) is 5.66. The van der Waals surface area contributed by atoms with Crippen LogP contribution in [0.3, 0.4) is 0 Å². The molecule has 0 saturated heterocycles. The molecule has 0 atom stereocenters. The molecule has 1 aliphatic rings. The Morgan fingerprint density at radius 3 is 2.86 bits per heavy atom. The monoisotopic (exact) mass is 309 g/mol. The van der Waals surface area contributed by atoms with Crippen LogP contribution in [0, 0.1) is 0 Å². The minimum Gasteiger partial charge on any atom is -0.338 e. The van der Waals surface area contributed by atoms with E-state index in [9.17, 15) is 4.79 Å². The van der Waals surface area contributed by atoms with Crippen molar-refractivity contribution in [3.63, 3.8) is 0 Å². The normalized spacial score (nSPS) is 15.8. The average molecular weight is 310 g/mol. The fourth-order valence-electron chi connectivity index (χ4n) is 2.74. The molecule has 0 radical (unpaired) electrons. The first-order valence-electron chi connectivity index (χ1n) is 6.88. The molecule has 1 N–H and O–H groups in total. The minimum absolute atomic E-state index is 0.0577. The van der Waals surface area contributed by atoms with E-state index in [1.165, 1.54) is 0 Å². The summed E-state index contributed by atoms with van der Waals surface area (Å²) >= 11 is 6.07. The van der Waals surface area contributed by atoms with Gasteiger partial charge in [-0.05, 0) is 36.4 Å². The molecule has 108 valence electrons. The van der Waals surface area contributed by atoms with Crippen LogP contribution in [0.5, 0.6) is 0 Å². The van der Waals surface area contributed by atoms with Crippen molar-refractivity contribution >= 4 is 45.9 Å². The van der Waals surface area contributed by atoms with Crippen molar-refractivity contribution < 1.29 is 4.79 Å². The number of halogens is 1. The van der Waals surface area contributed by atoms with E-state index >= 15 is 0 Å². The SMILES string of the molecule is CN1C(=O)C(=Cc2nc3ccccc3[nH]2)c2cc(Cl)ccc21. The van der Waals surface area contributed by atoms with Crippen molar-refractivity contribution in [1.82, 2.24) is 9.97 Å². The number of amides is 1. The number of carbonyl (C=O) groups excluding carboxylic acids is 1. The predicted molar refractivity (Wildman–Crippen MR) is 88.8 cm³/mol. The Bertz CT molecular complexity index is 909. The number of aromatic amines is 1. The van der Waals surface area contributed by atoms with E-state index in [0.29, 0.717) is 16.4 Å². The zero-order chi connectivity index (χ0) is 15.3. The van der Waals surface area contributed by atoms with Gasteiger partial charge in [0.1, 0.15) is 5.82 Å². The molecule has 0 saturated carbocycles. The van der Waals surface area contributed by atoms with Gasteiger partial charge >= 0.3 is 0 Å². The Morgan fingerprint density at radius 1 is 1.23 bits per heavy atom. The van der Waals surface area contributed by atoms with Gasteiger partial charge in [-0.2, -0.15) is 0 Å². The second kappa shape index (κ2) is 4.71. The Morgan fingerprint density at radius 2 is 2.05 bits per heavy atom. The highest BCUT2D eigenvalue weighted by molar-refractivity contribution is 6.37. The molecule has 2 heterocycles. The third kappa shape index (κ3) is 1.92. The summed E-state index contributed by atoms with van der Waals surface area (Å²) in [5, 5.41) is 0.609. The van der Waals surface area contributed by atoms with Crippen LogP contribution in [-0.4, -0.2) is 22.9 Å². The van der Waals surface area contributed by atoms with Gasteiger partial charge in [0.15, 0.2) is 0 Å². The van der Waals surface area contributed by atoms with Crippen molar-refractivity contribution in [1.29, 1.82) is 0 Å². The van der Waals surface area contributed by atoms with E-state index in [-0.39, 0.29) is 5.91 Å². The number of H-pyrrole nitrogens is 1. The fourth-order valence-corrected chi connectivity index (χ4v) is 2.91. The number of para-hydroxylation sites is 2. The number of carbonyl (C=O) groups is 1. The number of aromatic nitrogens is 2. The van der Waals surface area contributed by atoms with Gasteiger partial charge in [-0.3, -0.25) is 4.79 Å². The molecule has 1 amide bonds. The molecule has 2 aromatic carbocycles. The number of nitrogens with one attached hydrogen (secondary N) is 1. The van der Waals surface area contributed by atoms with E-state index in [4.69, 9.17) is 11.6 Å². The van der Waals surface area contributed by atoms with Crippen LogP contribution in [0.15, 0.2) is 42.5 Å². The van der Waals surface area contributed by atoms with Gasteiger partial charge in [0.2, 0.25) is 0 Å². The fraction of sp³-hybridized carbons (Fsp3) is 0.0588. The van der Waals surface area contributed by atoms with Gasteiger partial charge in [0.05, 0.1) is 22.3 Å². The van der Waals surface area contributed by atoms with Crippen molar-refractivity contribution in [3.8, 4) is 0 Å². The molecule has 3 aromatic rings. The molecule has 4 nitrogen and oxygen atoms in total. The first-order chi connectivity index (χ1) is 10.6. The number of benzene rings is 2. The van der Waals surface area contributed by atoms with Crippen LogP contribution >= 0.6 is 11.6 Å². The lowest BCUT2D eigenvalue weighted by molar-refractivity contribution is -0.112. The van der Waals surface area contributed by atoms with Crippen molar-refractivity contribution in [2.75, 3.05) is 11.9 Å². The Labute approximate surface area is 132 Å². The number of likely N-dealkylation sites (N-methyl/N-ethyl adjacent to an activating group) is 1. The van der Waals surface area contributed by atoms with Gasteiger partial charge < -0.3 is 9.88 Å². The largest absolute Gasteiger partial charge is 0.338 e. The summed E-state index contributed by atoms with van der Waals surface area (Å²) in [5.74, 6) is 0.600. The third-order valence-corrected chi connectivity index (χ3v) is 4.07. The summed E-state index contributed by atoms with van der Waals surface area (Å²) in [4.78, 5) is 21.8. The van der Waals surface area contributed by atoms with E-state index in [1.54, 1.807) is 24.1 Å². The highest BCUT2D eigenvalue weighted by atomic mass is 35.5. The first-order valence-corrected chi connectivity index (χ1v) is 7.26. The molecule has 5 heteroatoms. The van der Waals surface area contributed by atoms with Crippen molar-refractivity contribution in [2.45, 2.75) is 0 Å². The van der Waals surface area contributed by atoms with Crippen LogP contribution in [0.1, 0.15) is 11.4 Å². The smallest absolute Gasteiger partial charge is 0.258 e. The number of hydrogen-bond donors (Lipinski definition) is 1. The van der Waals surface area contributed by atoms with Gasteiger partial charge in [-0.15, -0.1) is 0 Å². The van der Waals surface area contributed by atoms with Crippen molar-refractivity contribution in [3.05, 3.63) is 58.9 Å².